The van der Waals surface area contributed by atoms with Gasteiger partial charge in [0.1, 0.15) is 11.5 Å². The second kappa shape index (κ2) is 15.0. The summed E-state index contributed by atoms with van der Waals surface area (Å²) in [6.07, 6.45) is 2.64. The van der Waals surface area contributed by atoms with Gasteiger partial charge in [0.05, 0.1) is 5.60 Å². The fraction of sp³-hybridized carbons (Fsp3) is 0.556. The van der Waals surface area contributed by atoms with Gasteiger partial charge in [-0.15, -0.1) is 0 Å². The molecule has 3 rings (SSSR count). The van der Waals surface area contributed by atoms with Gasteiger partial charge in [-0.3, -0.25) is 0 Å². The minimum Gasteiger partial charge on any atom is -0.457 e. The molecule has 0 spiro atoms. The van der Waals surface area contributed by atoms with Crippen molar-refractivity contribution in [3.63, 3.8) is 0 Å². The van der Waals surface area contributed by atoms with Gasteiger partial charge in [-0.2, -0.15) is 0 Å². The molecule has 0 saturated carbocycles. The first-order chi connectivity index (χ1) is 14.9. The predicted molar refractivity (Wildman–Crippen MR) is 133 cm³/mol. The van der Waals surface area contributed by atoms with E-state index in [-0.39, 0.29) is 5.92 Å². The smallest absolute Gasteiger partial charge is 0.127 e. The highest BCUT2D eigenvalue weighted by Crippen LogP contribution is 2.32. The molecule has 1 aliphatic rings. The van der Waals surface area contributed by atoms with Crippen LogP contribution in [-0.2, 0) is 0 Å². The normalized spacial score (nSPS) is 15.1. The van der Waals surface area contributed by atoms with Gasteiger partial charge in [0.2, 0.25) is 0 Å². The lowest BCUT2D eigenvalue weighted by molar-refractivity contribution is 0.0328. The highest BCUT2D eigenvalue weighted by molar-refractivity contribution is 5.36. The van der Waals surface area contributed by atoms with Crippen LogP contribution >= 0.6 is 0 Å². The molecule has 4 nitrogen and oxygen atoms in total. The van der Waals surface area contributed by atoms with Crippen LogP contribution in [-0.4, -0.2) is 48.3 Å². The average molecular weight is 429 g/mol. The topological polar surface area (TPSA) is 44.7 Å². The van der Waals surface area contributed by atoms with Gasteiger partial charge in [0.15, 0.2) is 0 Å². The van der Waals surface area contributed by atoms with E-state index in [1.165, 1.54) is 12.8 Å². The second-order valence-corrected chi connectivity index (χ2v) is 8.24. The molecule has 174 valence electrons. The largest absolute Gasteiger partial charge is 0.457 e. The molecule has 1 heterocycles. The quantitative estimate of drug-likeness (QED) is 0.562. The number of nitrogens with zero attached hydrogens (tertiary/aromatic N) is 1. The van der Waals surface area contributed by atoms with Crippen molar-refractivity contribution in [2.45, 2.75) is 65.9 Å². The molecule has 0 bridgehead atoms. The number of piperazine rings is 1. The highest BCUT2D eigenvalue weighted by Gasteiger charge is 2.30. The Morgan fingerprint density at radius 1 is 0.935 bits per heavy atom. The van der Waals surface area contributed by atoms with Gasteiger partial charge in [-0.05, 0) is 43.7 Å². The Kier molecular flexibility index (Phi) is 13.1. The Balaban J connectivity index is 0.000000720. The van der Waals surface area contributed by atoms with Crippen molar-refractivity contribution < 1.29 is 9.84 Å². The van der Waals surface area contributed by atoms with Crippen LogP contribution in [0.2, 0.25) is 0 Å². The standard InChI is InChI=1S/C21H28N2O2.C4H10.C2H6/c1-21(2,24)20(16-23-13-11-22-12-14-23)17-7-6-10-19(15-17)25-18-8-4-3-5-9-18;1-3-4-2;1-2/h3-10,15,20,22,24H,11-14,16H2,1-2H3;3-4H2,1-2H3;1-2H3. The Bertz CT molecular complexity index is 690. The molecular formula is C27H44N2O2. The zero-order chi connectivity index (χ0) is 23.1. The van der Waals surface area contributed by atoms with Gasteiger partial charge in [0.25, 0.3) is 0 Å². The number of hydrogen-bond donors (Lipinski definition) is 2. The van der Waals surface area contributed by atoms with Gasteiger partial charge >= 0.3 is 0 Å². The van der Waals surface area contributed by atoms with E-state index in [1.54, 1.807) is 0 Å². The minimum atomic E-state index is -0.795. The molecule has 2 N–H and O–H groups in total. The first-order valence-corrected chi connectivity index (χ1v) is 11.9. The Morgan fingerprint density at radius 2 is 1.52 bits per heavy atom. The number of aliphatic hydroxyl groups is 1. The summed E-state index contributed by atoms with van der Waals surface area (Å²) in [6, 6.07) is 17.9. The lowest BCUT2D eigenvalue weighted by atomic mass is 9.84. The summed E-state index contributed by atoms with van der Waals surface area (Å²) in [5, 5.41) is 14.1. The molecule has 1 fully saturated rings. The number of ether oxygens (including phenoxy) is 1. The molecule has 31 heavy (non-hydrogen) atoms. The molecule has 2 aromatic carbocycles. The van der Waals surface area contributed by atoms with Crippen molar-refractivity contribution in [3.8, 4) is 11.5 Å². The molecule has 1 atom stereocenters. The van der Waals surface area contributed by atoms with Crippen molar-refractivity contribution >= 4 is 0 Å². The fourth-order valence-electron chi connectivity index (χ4n) is 3.31. The lowest BCUT2D eigenvalue weighted by Crippen LogP contribution is -2.47. The van der Waals surface area contributed by atoms with Crippen LogP contribution in [0.15, 0.2) is 54.6 Å². The van der Waals surface area contributed by atoms with Crippen LogP contribution in [0.1, 0.15) is 65.9 Å². The first-order valence-electron chi connectivity index (χ1n) is 11.9. The average Bonchev–Trinajstić information content (AvgIpc) is 2.80. The maximum atomic E-state index is 10.8. The molecule has 2 aromatic rings. The van der Waals surface area contributed by atoms with Gasteiger partial charge in [-0.25, -0.2) is 0 Å². The van der Waals surface area contributed by atoms with E-state index in [2.05, 4.69) is 36.2 Å². The third-order valence-corrected chi connectivity index (χ3v) is 5.24. The maximum Gasteiger partial charge on any atom is 0.127 e. The molecule has 1 unspecified atom stereocenters. The Hall–Kier alpha value is -1.88. The van der Waals surface area contributed by atoms with E-state index in [9.17, 15) is 5.11 Å². The SMILES string of the molecule is CC.CC(C)(O)C(CN1CCNCC1)c1cccc(Oc2ccccc2)c1.CCCC. The van der Waals surface area contributed by atoms with E-state index in [0.29, 0.717) is 0 Å². The van der Waals surface area contributed by atoms with E-state index in [0.717, 1.165) is 49.8 Å². The number of nitrogens with one attached hydrogen (secondary N) is 1. The van der Waals surface area contributed by atoms with Crippen LogP contribution in [0, 0.1) is 0 Å². The fourth-order valence-corrected chi connectivity index (χ4v) is 3.31. The number of benzene rings is 2. The monoisotopic (exact) mass is 428 g/mol. The van der Waals surface area contributed by atoms with Crippen molar-refractivity contribution in [2.24, 2.45) is 0 Å². The molecule has 1 aliphatic heterocycles. The molecule has 0 amide bonds. The summed E-state index contributed by atoms with van der Waals surface area (Å²) in [5.41, 5.74) is 0.315. The lowest BCUT2D eigenvalue weighted by Gasteiger charge is -2.36. The van der Waals surface area contributed by atoms with Crippen LogP contribution in [0.25, 0.3) is 0 Å². The summed E-state index contributed by atoms with van der Waals surface area (Å²) in [4.78, 5) is 2.42. The molecular weight excluding hydrogens is 384 g/mol. The number of hydrogen-bond acceptors (Lipinski definition) is 4. The molecule has 0 radical (unpaired) electrons. The maximum absolute atomic E-state index is 10.8. The third-order valence-electron chi connectivity index (χ3n) is 5.24. The van der Waals surface area contributed by atoms with E-state index in [4.69, 9.17) is 4.74 Å². The predicted octanol–water partition coefficient (Wildman–Crippen LogP) is 6.07. The van der Waals surface area contributed by atoms with Crippen LogP contribution in [0.5, 0.6) is 11.5 Å². The van der Waals surface area contributed by atoms with Crippen LogP contribution < -0.4 is 10.1 Å². The molecule has 0 aromatic heterocycles. The number of unbranched alkanes of at least 4 members (excludes halogenated alkanes) is 1. The highest BCUT2D eigenvalue weighted by atomic mass is 16.5. The summed E-state index contributed by atoms with van der Waals surface area (Å²) in [6.45, 7) is 17.1. The zero-order valence-electron chi connectivity index (χ0n) is 20.5. The van der Waals surface area contributed by atoms with E-state index >= 15 is 0 Å². The summed E-state index contributed by atoms with van der Waals surface area (Å²) >= 11 is 0. The van der Waals surface area contributed by atoms with E-state index in [1.807, 2.05) is 70.2 Å². The molecule has 4 heteroatoms. The van der Waals surface area contributed by atoms with Crippen molar-refractivity contribution in [2.75, 3.05) is 32.7 Å². The number of rotatable bonds is 7. The van der Waals surface area contributed by atoms with Gasteiger partial charge in [-0.1, -0.05) is 70.9 Å². The molecule has 0 aliphatic carbocycles. The van der Waals surface area contributed by atoms with Crippen LogP contribution in [0.4, 0.5) is 0 Å². The summed E-state index contributed by atoms with van der Waals surface area (Å²) in [5.74, 6) is 1.66. The minimum absolute atomic E-state index is 0.0323. The van der Waals surface area contributed by atoms with Crippen molar-refractivity contribution in [1.82, 2.24) is 10.2 Å². The third kappa shape index (κ3) is 10.3. The summed E-state index contributed by atoms with van der Waals surface area (Å²) in [7, 11) is 0. The van der Waals surface area contributed by atoms with Crippen molar-refractivity contribution in [1.29, 1.82) is 0 Å². The van der Waals surface area contributed by atoms with Gasteiger partial charge in [0, 0.05) is 38.6 Å². The Labute approximate surface area is 190 Å². The summed E-state index contributed by atoms with van der Waals surface area (Å²) < 4.78 is 5.97. The Morgan fingerprint density at radius 3 is 2.06 bits per heavy atom. The number of para-hydroxylation sites is 1. The second-order valence-electron chi connectivity index (χ2n) is 8.24. The van der Waals surface area contributed by atoms with E-state index < -0.39 is 5.60 Å². The molecule has 1 saturated heterocycles. The van der Waals surface area contributed by atoms with Gasteiger partial charge < -0.3 is 20.1 Å². The zero-order valence-corrected chi connectivity index (χ0v) is 20.5. The van der Waals surface area contributed by atoms with Crippen LogP contribution in [0.3, 0.4) is 0 Å². The van der Waals surface area contributed by atoms with Crippen molar-refractivity contribution in [3.05, 3.63) is 60.2 Å². The first kappa shape index (κ1) is 27.2.